The Morgan fingerprint density at radius 2 is 1.92 bits per heavy atom. The van der Waals surface area contributed by atoms with Crippen LogP contribution in [0.25, 0.3) is 5.76 Å². The maximum Gasteiger partial charge on any atom is 0.272 e. The van der Waals surface area contributed by atoms with Crippen molar-refractivity contribution in [2.45, 2.75) is 24.8 Å². The Labute approximate surface area is 142 Å². The van der Waals surface area contributed by atoms with E-state index in [0.29, 0.717) is 6.54 Å². The minimum absolute atomic E-state index is 0.00218. The van der Waals surface area contributed by atoms with E-state index in [0.717, 1.165) is 4.31 Å². The van der Waals surface area contributed by atoms with Crippen LogP contribution in [0.3, 0.4) is 0 Å². The number of rotatable bonds is 5. The SMILES string of the molecule is CC(C)NC(=O)C1=C(O)c2ccccc2S(=O)(=O)N1CCN(C)C. The highest BCUT2D eigenvalue weighted by Gasteiger charge is 2.39. The lowest BCUT2D eigenvalue weighted by Gasteiger charge is -2.32. The summed E-state index contributed by atoms with van der Waals surface area (Å²) in [4.78, 5) is 14.3. The molecule has 0 saturated carbocycles. The van der Waals surface area contributed by atoms with Crippen molar-refractivity contribution in [1.82, 2.24) is 14.5 Å². The molecule has 1 aromatic carbocycles. The second kappa shape index (κ2) is 6.82. The van der Waals surface area contributed by atoms with Gasteiger partial charge in [0.15, 0.2) is 11.5 Å². The van der Waals surface area contributed by atoms with E-state index in [2.05, 4.69) is 5.32 Å². The first-order chi connectivity index (χ1) is 11.2. The number of benzene rings is 1. The highest BCUT2D eigenvalue weighted by Crippen LogP contribution is 2.35. The Balaban J connectivity index is 2.61. The molecule has 1 aromatic rings. The number of nitrogens with one attached hydrogen (secondary N) is 1. The third-order valence-electron chi connectivity index (χ3n) is 3.57. The van der Waals surface area contributed by atoms with Gasteiger partial charge in [0.2, 0.25) is 0 Å². The topological polar surface area (TPSA) is 89.9 Å². The van der Waals surface area contributed by atoms with Crippen LogP contribution in [0.4, 0.5) is 0 Å². The van der Waals surface area contributed by atoms with Crippen LogP contribution in [0.1, 0.15) is 19.4 Å². The van der Waals surface area contributed by atoms with Gasteiger partial charge in [-0.05, 0) is 40.1 Å². The van der Waals surface area contributed by atoms with Crippen LogP contribution < -0.4 is 5.32 Å². The van der Waals surface area contributed by atoms with Crippen molar-refractivity contribution in [3.63, 3.8) is 0 Å². The monoisotopic (exact) mass is 353 g/mol. The summed E-state index contributed by atoms with van der Waals surface area (Å²) < 4.78 is 26.9. The van der Waals surface area contributed by atoms with Gasteiger partial charge >= 0.3 is 0 Å². The number of carbonyl (C=O) groups is 1. The quantitative estimate of drug-likeness (QED) is 0.824. The predicted octanol–water partition coefficient (Wildman–Crippen LogP) is 1.00. The Hall–Kier alpha value is -2.06. The number of sulfonamides is 1. The molecule has 24 heavy (non-hydrogen) atoms. The number of carbonyl (C=O) groups excluding carboxylic acids is 1. The fourth-order valence-corrected chi connectivity index (χ4v) is 4.11. The first-order valence-electron chi connectivity index (χ1n) is 7.67. The Kier molecular flexibility index (Phi) is 5.19. The molecule has 0 atom stereocenters. The van der Waals surface area contributed by atoms with E-state index in [4.69, 9.17) is 0 Å². The van der Waals surface area contributed by atoms with Crippen LogP contribution in [0.5, 0.6) is 0 Å². The number of aliphatic hydroxyl groups excluding tert-OH is 1. The molecule has 1 amide bonds. The first kappa shape index (κ1) is 18.3. The standard InChI is InChI=1S/C16H23N3O4S/c1-11(2)17-16(21)14-15(20)12-7-5-6-8-13(12)24(22,23)19(14)10-9-18(3)4/h5-8,11,20H,9-10H2,1-4H3,(H,17,21). The molecule has 0 unspecified atom stereocenters. The van der Waals surface area contributed by atoms with Gasteiger partial charge in [0, 0.05) is 24.7 Å². The number of fused-ring (bicyclic) bond motifs is 1. The molecule has 1 heterocycles. The van der Waals surface area contributed by atoms with Crippen molar-refractivity contribution >= 4 is 21.7 Å². The van der Waals surface area contributed by atoms with Crippen molar-refractivity contribution in [1.29, 1.82) is 0 Å². The second-order valence-corrected chi connectivity index (χ2v) is 8.03. The van der Waals surface area contributed by atoms with Gasteiger partial charge in [-0.1, -0.05) is 12.1 Å². The van der Waals surface area contributed by atoms with E-state index in [1.807, 2.05) is 19.0 Å². The summed E-state index contributed by atoms with van der Waals surface area (Å²) in [6.07, 6.45) is 0. The first-order valence-corrected chi connectivity index (χ1v) is 9.11. The molecule has 1 aliphatic heterocycles. The van der Waals surface area contributed by atoms with Crippen LogP contribution in [0.15, 0.2) is 34.9 Å². The second-order valence-electron chi connectivity index (χ2n) is 6.20. The molecule has 0 saturated heterocycles. The molecular weight excluding hydrogens is 330 g/mol. The third-order valence-corrected chi connectivity index (χ3v) is 5.43. The molecule has 0 aliphatic carbocycles. The van der Waals surface area contributed by atoms with E-state index in [9.17, 15) is 18.3 Å². The Morgan fingerprint density at radius 3 is 2.50 bits per heavy atom. The number of aliphatic hydroxyl groups is 1. The van der Waals surface area contributed by atoms with E-state index in [1.54, 1.807) is 26.0 Å². The molecule has 7 nitrogen and oxygen atoms in total. The molecule has 0 bridgehead atoms. The highest BCUT2D eigenvalue weighted by atomic mass is 32.2. The third kappa shape index (κ3) is 3.39. The molecule has 0 radical (unpaired) electrons. The molecule has 2 N–H and O–H groups in total. The smallest absolute Gasteiger partial charge is 0.272 e. The van der Waals surface area contributed by atoms with E-state index in [-0.39, 0.29) is 34.5 Å². The zero-order chi connectivity index (χ0) is 18.1. The summed E-state index contributed by atoms with van der Waals surface area (Å²) in [5.41, 5.74) is -0.0863. The lowest BCUT2D eigenvalue weighted by molar-refractivity contribution is -0.119. The summed E-state index contributed by atoms with van der Waals surface area (Å²) in [6.45, 7) is 4.01. The minimum Gasteiger partial charge on any atom is -0.505 e. The van der Waals surface area contributed by atoms with Crippen LogP contribution >= 0.6 is 0 Å². The minimum atomic E-state index is -3.91. The Bertz CT molecular complexity index is 769. The van der Waals surface area contributed by atoms with Gasteiger partial charge in [-0.25, -0.2) is 8.42 Å². The number of likely N-dealkylation sites (N-methyl/N-ethyl adjacent to an activating group) is 1. The molecule has 1 aliphatic rings. The Morgan fingerprint density at radius 1 is 1.29 bits per heavy atom. The van der Waals surface area contributed by atoms with Crippen LogP contribution in [0.2, 0.25) is 0 Å². The fraction of sp³-hybridized carbons (Fsp3) is 0.438. The lowest BCUT2D eigenvalue weighted by Crippen LogP contribution is -2.45. The number of hydrogen-bond donors (Lipinski definition) is 2. The van der Waals surface area contributed by atoms with Crippen LogP contribution in [0, 0.1) is 0 Å². The maximum atomic E-state index is 12.9. The molecule has 2 rings (SSSR count). The predicted molar refractivity (Wildman–Crippen MR) is 91.7 cm³/mol. The van der Waals surface area contributed by atoms with Crippen LogP contribution in [-0.4, -0.2) is 61.9 Å². The molecule has 8 heteroatoms. The zero-order valence-corrected chi connectivity index (χ0v) is 15.1. The average molecular weight is 353 g/mol. The van der Waals surface area contributed by atoms with Crippen molar-refractivity contribution in [2.24, 2.45) is 0 Å². The summed E-state index contributed by atoms with van der Waals surface area (Å²) in [5.74, 6) is -0.934. The molecule has 0 aromatic heterocycles. The summed E-state index contributed by atoms with van der Waals surface area (Å²) in [5, 5.41) is 13.2. The van der Waals surface area contributed by atoms with E-state index < -0.39 is 15.9 Å². The van der Waals surface area contributed by atoms with Gasteiger partial charge in [-0.3, -0.25) is 9.10 Å². The van der Waals surface area contributed by atoms with Crippen molar-refractivity contribution in [2.75, 3.05) is 27.2 Å². The summed E-state index contributed by atoms with van der Waals surface area (Å²) >= 11 is 0. The van der Waals surface area contributed by atoms with Crippen molar-refractivity contribution in [3.8, 4) is 0 Å². The highest BCUT2D eigenvalue weighted by molar-refractivity contribution is 7.89. The van der Waals surface area contributed by atoms with E-state index in [1.165, 1.54) is 12.1 Å². The largest absolute Gasteiger partial charge is 0.505 e. The number of hydrogen-bond acceptors (Lipinski definition) is 5. The summed E-state index contributed by atoms with van der Waals surface area (Å²) in [6, 6.07) is 5.95. The molecule has 0 spiro atoms. The average Bonchev–Trinajstić information content (AvgIpc) is 2.48. The van der Waals surface area contributed by atoms with Gasteiger partial charge < -0.3 is 15.3 Å². The fourth-order valence-electron chi connectivity index (χ4n) is 2.45. The molecule has 132 valence electrons. The zero-order valence-electron chi connectivity index (χ0n) is 14.3. The van der Waals surface area contributed by atoms with Gasteiger partial charge in [0.25, 0.3) is 15.9 Å². The molecular formula is C16H23N3O4S. The normalized spacial score (nSPS) is 16.5. The van der Waals surface area contributed by atoms with Gasteiger partial charge in [0.1, 0.15) is 0 Å². The lowest BCUT2D eigenvalue weighted by atomic mass is 10.1. The maximum absolute atomic E-state index is 12.9. The van der Waals surface area contributed by atoms with Crippen molar-refractivity contribution < 1.29 is 18.3 Å². The number of nitrogens with zero attached hydrogens (tertiary/aromatic N) is 2. The van der Waals surface area contributed by atoms with Crippen LogP contribution in [-0.2, 0) is 14.8 Å². The number of amides is 1. The molecule has 0 fully saturated rings. The summed E-state index contributed by atoms with van der Waals surface area (Å²) in [7, 11) is -0.298. The van der Waals surface area contributed by atoms with Gasteiger partial charge in [-0.2, -0.15) is 0 Å². The van der Waals surface area contributed by atoms with E-state index >= 15 is 0 Å². The van der Waals surface area contributed by atoms with Gasteiger partial charge in [-0.15, -0.1) is 0 Å². The van der Waals surface area contributed by atoms with Gasteiger partial charge in [0.05, 0.1) is 4.90 Å². The van der Waals surface area contributed by atoms with Crippen molar-refractivity contribution in [3.05, 3.63) is 35.5 Å².